The van der Waals surface area contributed by atoms with Crippen LogP contribution >= 0.6 is 0 Å². The van der Waals surface area contributed by atoms with E-state index in [0.29, 0.717) is 31.0 Å². The number of nitrogens with zero attached hydrogens (tertiary/aromatic N) is 7. The smallest absolute Gasteiger partial charge is 0.291 e. The number of anilines is 1. The number of benzene rings is 1. The number of fused-ring (bicyclic) bond motifs is 2. The summed E-state index contributed by atoms with van der Waals surface area (Å²) in [6.45, 7) is 0.855. The summed E-state index contributed by atoms with van der Waals surface area (Å²) < 4.78 is 1.66. The zero-order valence-corrected chi connectivity index (χ0v) is 17.5. The van der Waals surface area contributed by atoms with Gasteiger partial charge in [0.05, 0.1) is 24.1 Å². The normalized spacial score (nSPS) is 13.3. The summed E-state index contributed by atoms with van der Waals surface area (Å²) in [7, 11) is 0. The van der Waals surface area contributed by atoms with E-state index in [0.717, 1.165) is 33.6 Å². The molecular formula is C23H19N9O. The molecule has 10 nitrogen and oxygen atoms in total. The van der Waals surface area contributed by atoms with Crippen LogP contribution in [0.15, 0.2) is 61.2 Å². The van der Waals surface area contributed by atoms with Crippen LogP contribution in [0.4, 0.5) is 5.82 Å². The predicted molar refractivity (Wildman–Crippen MR) is 121 cm³/mol. The lowest BCUT2D eigenvalue weighted by molar-refractivity contribution is 0.0720. The van der Waals surface area contributed by atoms with Gasteiger partial charge in [0.15, 0.2) is 5.65 Å². The Hall–Kier alpha value is -4.60. The van der Waals surface area contributed by atoms with E-state index in [2.05, 4.69) is 25.3 Å². The Morgan fingerprint density at radius 3 is 2.70 bits per heavy atom. The molecule has 0 unspecified atom stereocenters. The summed E-state index contributed by atoms with van der Waals surface area (Å²) in [6.07, 6.45) is 5.55. The van der Waals surface area contributed by atoms with Gasteiger partial charge in [-0.25, -0.2) is 4.98 Å². The van der Waals surface area contributed by atoms with Crippen LogP contribution in [0.1, 0.15) is 21.9 Å². The molecule has 1 aromatic carbocycles. The summed E-state index contributed by atoms with van der Waals surface area (Å²) in [5.74, 6) is 0.539. The van der Waals surface area contributed by atoms with Crippen molar-refractivity contribution in [2.75, 3.05) is 12.3 Å². The first-order valence-corrected chi connectivity index (χ1v) is 10.5. The Labute approximate surface area is 188 Å². The van der Waals surface area contributed by atoms with Crippen molar-refractivity contribution in [1.29, 1.82) is 0 Å². The van der Waals surface area contributed by atoms with Crippen molar-refractivity contribution in [1.82, 2.24) is 39.7 Å². The van der Waals surface area contributed by atoms with Crippen molar-refractivity contribution in [3.05, 3.63) is 78.3 Å². The third kappa shape index (κ3) is 3.19. The van der Waals surface area contributed by atoms with E-state index >= 15 is 0 Å². The van der Waals surface area contributed by atoms with E-state index in [1.807, 2.05) is 48.7 Å². The number of nitrogens with two attached hydrogens (primary N) is 1. The van der Waals surface area contributed by atoms with Crippen molar-refractivity contribution in [3.63, 3.8) is 0 Å². The molecule has 33 heavy (non-hydrogen) atoms. The number of carbonyl (C=O) groups is 1. The predicted octanol–water partition coefficient (Wildman–Crippen LogP) is 2.36. The molecule has 1 aliphatic heterocycles. The maximum absolute atomic E-state index is 12.7. The highest BCUT2D eigenvalue weighted by Crippen LogP contribution is 2.30. The summed E-state index contributed by atoms with van der Waals surface area (Å²) >= 11 is 0. The van der Waals surface area contributed by atoms with Gasteiger partial charge in [-0.2, -0.15) is 9.61 Å². The van der Waals surface area contributed by atoms with Gasteiger partial charge in [-0.1, -0.05) is 36.4 Å². The molecule has 0 atom stereocenters. The number of hydrogen-bond donors (Lipinski definition) is 2. The number of hydrogen-bond acceptors (Lipinski definition) is 7. The molecule has 0 fully saturated rings. The van der Waals surface area contributed by atoms with E-state index in [1.165, 1.54) is 6.33 Å². The minimum absolute atomic E-state index is 0.210. The molecule has 0 spiro atoms. The van der Waals surface area contributed by atoms with Gasteiger partial charge >= 0.3 is 0 Å². The van der Waals surface area contributed by atoms with E-state index in [9.17, 15) is 4.79 Å². The highest BCUT2D eigenvalue weighted by Gasteiger charge is 2.27. The van der Waals surface area contributed by atoms with Crippen molar-refractivity contribution in [3.8, 4) is 22.4 Å². The van der Waals surface area contributed by atoms with Crippen LogP contribution in [0.25, 0.3) is 28.0 Å². The van der Waals surface area contributed by atoms with Crippen LogP contribution in [-0.2, 0) is 13.0 Å². The third-order valence-electron chi connectivity index (χ3n) is 5.89. The fourth-order valence-corrected chi connectivity index (χ4v) is 4.18. The third-order valence-corrected chi connectivity index (χ3v) is 5.89. The number of nitrogens with one attached hydrogen (secondary N) is 1. The van der Waals surface area contributed by atoms with Crippen LogP contribution in [0.2, 0.25) is 0 Å². The number of carbonyl (C=O) groups excluding carboxylic acids is 1. The molecule has 0 radical (unpaired) electrons. The van der Waals surface area contributed by atoms with Crippen LogP contribution in [0.5, 0.6) is 0 Å². The van der Waals surface area contributed by atoms with Gasteiger partial charge in [0, 0.05) is 35.0 Å². The van der Waals surface area contributed by atoms with E-state index < -0.39 is 0 Å². The van der Waals surface area contributed by atoms with Gasteiger partial charge in [0.2, 0.25) is 5.82 Å². The molecule has 0 saturated heterocycles. The van der Waals surface area contributed by atoms with Crippen molar-refractivity contribution < 1.29 is 4.79 Å². The lowest BCUT2D eigenvalue weighted by Gasteiger charge is -2.28. The Morgan fingerprint density at radius 2 is 1.94 bits per heavy atom. The monoisotopic (exact) mass is 437 g/mol. The average Bonchev–Trinajstić information content (AvgIpc) is 3.55. The molecule has 162 valence electrons. The summed E-state index contributed by atoms with van der Waals surface area (Å²) in [5, 5.41) is 12.0. The second-order valence-corrected chi connectivity index (χ2v) is 7.83. The number of aromatic amines is 1. The molecule has 5 heterocycles. The van der Waals surface area contributed by atoms with Gasteiger partial charge < -0.3 is 15.6 Å². The first kappa shape index (κ1) is 19.1. The van der Waals surface area contributed by atoms with Gasteiger partial charge in [0.1, 0.15) is 12.1 Å². The molecule has 1 aliphatic rings. The Balaban J connectivity index is 1.36. The van der Waals surface area contributed by atoms with E-state index in [4.69, 9.17) is 10.7 Å². The van der Waals surface area contributed by atoms with Crippen molar-refractivity contribution in [2.45, 2.75) is 13.0 Å². The molecule has 5 aromatic rings. The first-order valence-electron chi connectivity index (χ1n) is 10.5. The van der Waals surface area contributed by atoms with Crippen LogP contribution in [0.3, 0.4) is 0 Å². The number of pyridine rings is 1. The van der Waals surface area contributed by atoms with E-state index in [1.54, 1.807) is 15.6 Å². The quantitative estimate of drug-likeness (QED) is 0.443. The molecule has 0 bridgehead atoms. The SMILES string of the molecule is Nc1c2c(nc3c(-c4ccc(-c5ccccc5)nc4)cnn13)CN(C(=O)c1nnc[nH]1)CC2. The maximum atomic E-state index is 12.7. The molecule has 3 N–H and O–H groups in total. The van der Waals surface area contributed by atoms with Crippen LogP contribution in [-0.4, -0.2) is 52.1 Å². The zero-order chi connectivity index (χ0) is 22.4. The number of H-pyrrole nitrogens is 1. The molecule has 10 heteroatoms. The van der Waals surface area contributed by atoms with Crippen molar-refractivity contribution in [2.24, 2.45) is 0 Å². The van der Waals surface area contributed by atoms with Gasteiger partial charge in [-0.15, -0.1) is 10.2 Å². The topological polar surface area (TPSA) is 131 Å². The Morgan fingerprint density at radius 1 is 1.06 bits per heavy atom. The van der Waals surface area contributed by atoms with Crippen LogP contribution < -0.4 is 5.73 Å². The highest BCUT2D eigenvalue weighted by atomic mass is 16.2. The largest absolute Gasteiger partial charge is 0.383 e. The van der Waals surface area contributed by atoms with Crippen LogP contribution in [0, 0.1) is 0 Å². The number of aromatic nitrogens is 7. The fourth-order valence-electron chi connectivity index (χ4n) is 4.18. The minimum Gasteiger partial charge on any atom is -0.383 e. The second kappa shape index (κ2) is 7.52. The Kier molecular flexibility index (Phi) is 4.35. The average molecular weight is 437 g/mol. The molecule has 4 aromatic heterocycles. The molecule has 6 rings (SSSR count). The molecule has 1 amide bonds. The molecule has 0 saturated carbocycles. The summed E-state index contributed by atoms with van der Waals surface area (Å²) in [4.78, 5) is 26.6. The number of rotatable bonds is 3. The van der Waals surface area contributed by atoms with E-state index in [-0.39, 0.29) is 11.7 Å². The first-order chi connectivity index (χ1) is 16.2. The zero-order valence-electron chi connectivity index (χ0n) is 17.5. The summed E-state index contributed by atoms with van der Waals surface area (Å²) in [6, 6.07) is 14.0. The number of amides is 1. The lowest BCUT2D eigenvalue weighted by Crippen LogP contribution is -2.37. The van der Waals surface area contributed by atoms with Gasteiger partial charge in [0.25, 0.3) is 5.91 Å². The number of nitrogen functional groups attached to an aromatic ring is 1. The van der Waals surface area contributed by atoms with Gasteiger partial charge in [-0.05, 0) is 12.5 Å². The van der Waals surface area contributed by atoms with Crippen molar-refractivity contribution >= 4 is 17.4 Å². The lowest BCUT2D eigenvalue weighted by atomic mass is 10.0. The fraction of sp³-hybridized carbons (Fsp3) is 0.130. The standard InChI is InChI=1S/C23H19N9O/c24-20-16-8-9-31(23(33)21-26-13-27-30-21)12-19(16)29-22-17(11-28-32(20)22)15-6-7-18(25-10-15)14-4-2-1-3-5-14/h1-7,10-11,13H,8-9,12,24H2,(H,26,27,30). The summed E-state index contributed by atoms with van der Waals surface area (Å²) in [5.41, 5.74) is 12.4. The molecular weight excluding hydrogens is 418 g/mol. The highest BCUT2D eigenvalue weighted by molar-refractivity contribution is 5.90. The minimum atomic E-state index is -0.215. The second-order valence-electron chi connectivity index (χ2n) is 7.83. The maximum Gasteiger partial charge on any atom is 0.291 e. The van der Waals surface area contributed by atoms with Gasteiger partial charge in [-0.3, -0.25) is 9.78 Å². The molecule has 0 aliphatic carbocycles. The Bertz CT molecular complexity index is 1460.